The molecule has 1 amide bonds. The van der Waals surface area contributed by atoms with E-state index in [1.54, 1.807) is 19.9 Å². The Morgan fingerprint density at radius 1 is 1.53 bits per heavy atom. The van der Waals surface area contributed by atoms with Crippen LogP contribution in [-0.2, 0) is 9.53 Å². The Hall–Kier alpha value is -2.06. The molecule has 0 aliphatic carbocycles. The van der Waals surface area contributed by atoms with E-state index in [9.17, 15) is 9.59 Å². The molecule has 0 fully saturated rings. The highest BCUT2D eigenvalue weighted by molar-refractivity contribution is 6.32. The number of aromatic nitrogens is 1. The quantitative estimate of drug-likeness (QED) is 0.512. The van der Waals surface area contributed by atoms with Crippen molar-refractivity contribution in [3.05, 3.63) is 28.0 Å². The summed E-state index contributed by atoms with van der Waals surface area (Å²) < 4.78 is 4.84. The van der Waals surface area contributed by atoms with Crippen LogP contribution in [0.15, 0.2) is 6.07 Å². The smallest absolute Gasteiger partial charge is 0.342 e. The second kappa shape index (κ2) is 6.76. The molecule has 6 heteroatoms. The maximum absolute atomic E-state index is 11.8. The molecular formula is C13H13ClN2O3. The first-order chi connectivity index (χ1) is 8.95. The second-order valence-electron chi connectivity index (χ2n) is 3.80. The van der Waals surface area contributed by atoms with E-state index in [-0.39, 0.29) is 17.3 Å². The maximum atomic E-state index is 11.8. The number of terminal acetylenes is 1. The molecular weight excluding hydrogens is 268 g/mol. The molecule has 0 aliphatic heterocycles. The number of ether oxygens (including phenoxy) is 1. The molecule has 0 aliphatic rings. The van der Waals surface area contributed by atoms with E-state index in [1.807, 2.05) is 0 Å². The molecule has 0 atom stereocenters. The minimum absolute atomic E-state index is 0.0616. The van der Waals surface area contributed by atoms with Crippen LogP contribution in [0.25, 0.3) is 0 Å². The van der Waals surface area contributed by atoms with Gasteiger partial charge in [0.1, 0.15) is 5.15 Å². The molecule has 1 aromatic rings. The summed E-state index contributed by atoms with van der Waals surface area (Å²) in [5.41, 5.74) is 1.51. The van der Waals surface area contributed by atoms with Gasteiger partial charge in [-0.05, 0) is 25.5 Å². The number of pyridine rings is 1. The molecule has 0 saturated heterocycles. The van der Waals surface area contributed by atoms with Crippen LogP contribution in [-0.4, -0.2) is 30.0 Å². The summed E-state index contributed by atoms with van der Waals surface area (Å²) in [6.07, 6.45) is 4.98. The average molecular weight is 281 g/mol. The zero-order chi connectivity index (χ0) is 14.4. The number of amides is 1. The van der Waals surface area contributed by atoms with Crippen LogP contribution >= 0.6 is 11.6 Å². The Kier molecular flexibility index (Phi) is 5.34. The third kappa shape index (κ3) is 4.27. The van der Waals surface area contributed by atoms with Crippen LogP contribution in [0.3, 0.4) is 0 Å². The monoisotopic (exact) mass is 280 g/mol. The van der Waals surface area contributed by atoms with E-state index in [4.69, 9.17) is 22.8 Å². The van der Waals surface area contributed by atoms with Crippen LogP contribution < -0.4 is 5.32 Å². The standard InChI is InChI=1S/C13H13ClN2O3/c1-4-5-15-10(17)7-19-13(18)11-8(2)6-9(3)16-12(11)14/h1,6H,5,7H2,2-3H3,(H,15,17). The van der Waals surface area contributed by atoms with Gasteiger partial charge in [-0.3, -0.25) is 4.79 Å². The van der Waals surface area contributed by atoms with Gasteiger partial charge in [-0.1, -0.05) is 17.5 Å². The van der Waals surface area contributed by atoms with Crippen molar-refractivity contribution in [2.75, 3.05) is 13.2 Å². The molecule has 1 heterocycles. The summed E-state index contributed by atoms with van der Waals surface area (Å²) in [5, 5.41) is 2.44. The number of esters is 1. The number of halogens is 1. The average Bonchev–Trinajstić information content (AvgIpc) is 2.32. The number of hydrogen-bond acceptors (Lipinski definition) is 4. The van der Waals surface area contributed by atoms with Crippen molar-refractivity contribution >= 4 is 23.5 Å². The predicted octanol–water partition coefficient (Wildman–Crippen LogP) is 1.26. The van der Waals surface area contributed by atoms with Gasteiger partial charge in [0.15, 0.2) is 6.61 Å². The number of carbonyl (C=O) groups is 2. The molecule has 0 saturated carbocycles. The SMILES string of the molecule is C#CCNC(=O)COC(=O)c1c(C)cc(C)nc1Cl. The van der Waals surface area contributed by atoms with Gasteiger partial charge in [-0.2, -0.15) is 0 Å². The van der Waals surface area contributed by atoms with Gasteiger partial charge in [0.05, 0.1) is 12.1 Å². The molecule has 1 aromatic heterocycles. The summed E-state index contributed by atoms with van der Waals surface area (Å²) in [7, 11) is 0. The number of aryl methyl sites for hydroxylation is 2. The van der Waals surface area contributed by atoms with Crippen LogP contribution in [0.1, 0.15) is 21.6 Å². The first kappa shape index (κ1) is 15.0. The summed E-state index contributed by atoms with van der Waals surface area (Å²) in [6.45, 7) is 3.16. The van der Waals surface area contributed by atoms with Crippen molar-refractivity contribution in [3.8, 4) is 12.3 Å². The van der Waals surface area contributed by atoms with Gasteiger partial charge >= 0.3 is 5.97 Å². The lowest BCUT2D eigenvalue weighted by atomic mass is 10.1. The zero-order valence-electron chi connectivity index (χ0n) is 10.6. The Balaban J connectivity index is 2.70. The number of rotatable bonds is 4. The van der Waals surface area contributed by atoms with Crippen LogP contribution in [0.4, 0.5) is 0 Å². The summed E-state index contributed by atoms with van der Waals surface area (Å²) in [4.78, 5) is 27.0. The van der Waals surface area contributed by atoms with Crippen molar-refractivity contribution in [1.29, 1.82) is 0 Å². The molecule has 1 rings (SSSR count). The van der Waals surface area contributed by atoms with Gasteiger partial charge < -0.3 is 10.1 Å². The van der Waals surface area contributed by atoms with Gasteiger partial charge in [-0.15, -0.1) is 6.42 Å². The fraction of sp³-hybridized carbons (Fsp3) is 0.308. The summed E-state index contributed by atoms with van der Waals surface area (Å²) in [5.74, 6) is 1.08. The third-order valence-electron chi connectivity index (χ3n) is 2.23. The lowest BCUT2D eigenvalue weighted by molar-refractivity contribution is -0.123. The summed E-state index contributed by atoms with van der Waals surface area (Å²) >= 11 is 5.89. The number of nitrogens with one attached hydrogen (secondary N) is 1. The van der Waals surface area contributed by atoms with E-state index in [0.29, 0.717) is 11.3 Å². The van der Waals surface area contributed by atoms with E-state index in [2.05, 4.69) is 16.2 Å². The number of hydrogen-bond donors (Lipinski definition) is 1. The molecule has 0 aromatic carbocycles. The van der Waals surface area contributed by atoms with Crippen LogP contribution in [0, 0.1) is 26.2 Å². The highest BCUT2D eigenvalue weighted by Gasteiger charge is 2.17. The summed E-state index contributed by atoms with van der Waals surface area (Å²) in [6, 6.07) is 1.71. The van der Waals surface area contributed by atoms with Gasteiger partial charge in [0.25, 0.3) is 5.91 Å². The Morgan fingerprint density at radius 3 is 2.79 bits per heavy atom. The maximum Gasteiger partial charge on any atom is 0.342 e. The largest absolute Gasteiger partial charge is 0.452 e. The molecule has 0 unspecified atom stereocenters. The highest BCUT2D eigenvalue weighted by Crippen LogP contribution is 2.19. The topological polar surface area (TPSA) is 68.3 Å². The van der Waals surface area contributed by atoms with Crippen molar-refractivity contribution < 1.29 is 14.3 Å². The number of carbonyl (C=O) groups excluding carboxylic acids is 2. The Morgan fingerprint density at radius 2 is 2.21 bits per heavy atom. The lowest BCUT2D eigenvalue weighted by Crippen LogP contribution is -2.29. The fourth-order valence-corrected chi connectivity index (χ4v) is 1.80. The predicted molar refractivity (Wildman–Crippen MR) is 70.8 cm³/mol. The number of nitrogens with zero attached hydrogens (tertiary/aromatic N) is 1. The Bertz CT molecular complexity index is 526. The van der Waals surface area contributed by atoms with Gasteiger partial charge in [0, 0.05) is 5.69 Å². The van der Waals surface area contributed by atoms with Crippen molar-refractivity contribution in [2.45, 2.75) is 13.8 Å². The molecule has 1 N–H and O–H groups in total. The van der Waals surface area contributed by atoms with Crippen molar-refractivity contribution in [1.82, 2.24) is 10.3 Å². The minimum Gasteiger partial charge on any atom is -0.452 e. The zero-order valence-corrected chi connectivity index (χ0v) is 11.4. The first-order valence-electron chi connectivity index (χ1n) is 5.46. The van der Waals surface area contributed by atoms with Crippen molar-refractivity contribution in [3.63, 3.8) is 0 Å². The van der Waals surface area contributed by atoms with Crippen LogP contribution in [0.2, 0.25) is 5.15 Å². The van der Waals surface area contributed by atoms with Crippen LogP contribution in [0.5, 0.6) is 0 Å². The lowest BCUT2D eigenvalue weighted by Gasteiger charge is -2.09. The third-order valence-corrected chi connectivity index (χ3v) is 2.50. The molecule has 0 radical (unpaired) electrons. The van der Waals surface area contributed by atoms with E-state index < -0.39 is 18.5 Å². The normalized spacial score (nSPS) is 9.58. The van der Waals surface area contributed by atoms with E-state index in [0.717, 1.165) is 0 Å². The van der Waals surface area contributed by atoms with E-state index in [1.165, 1.54) is 0 Å². The minimum atomic E-state index is -0.689. The Labute approximate surface area is 116 Å². The van der Waals surface area contributed by atoms with Gasteiger partial charge in [0.2, 0.25) is 0 Å². The molecule has 19 heavy (non-hydrogen) atoms. The molecule has 5 nitrogen and oxygen atoms in total. The molecule has 100 valence electrons. The first-order valence-corrected chi connectivity index (χ1v) is 5.84. The van der Waals surface area contributed by atoms with Gasteiger partial charge in [-0.25, -0.2) is 9.78 Å². The van der Waals surface area contributed by atoms with Crippen molar-refractivity contribution in [2.24, 2.45) is 0 Å². The fourth-order valence-electron chi connectivity index (χ4n) is 1.44. The highest BCUT2D eigenvalue weighted by atomic mass is 35.5. The van der Waals surface area contributed by atoms with E-state index >= 15 is 0 Å². The molecule has 0 spiro atoms. The second-order valence-corrected chi connectivity index (χ2v) is 4.16. The molecule has 0 bridgehead atoms.